The second kappa shape index (κ2) is 4.77. The van der Waals surface area contributed by atoms with Gasteiger partial charge in [-0.25, -0.2) is 4.98 Å². The summed E-state index contributed by atoms with van der Waals surface area (Å²) in [6.07, 6.45) is 1.68. The fourth-order valence-electron chi connectivity index (χ4n) is 1.02. The Balaban J connectivity index is 2.89. The smallest absolute Gasteiger partial charge is 0.149 e. The van der Waals surface area contributed by atoms with Crippen molar-refractivity contribution in [1.82, 2.24) is 4.98 Å². The van der Waals surface area contributed by atoms with Gasteiger partial charge in [0.25, 0.3) is 0 Å². The fourth-order valence-corrected chi connectivity index (χ4v) is 1.02. The molecule has 0 spiro atoms. The lowest BCUT2D eigenvalue weighted by Gasteiger charge is -2.19. The lowest BCUT2D eigenvalue weighted by atomic mass is 10.1. The molecule has 0 aromatic carbocycles. The van der Waals surface area contributed by atoms with E-state index in [2.05, 4.69) is 18.8 Å². The molecule has 15 heavy (non-hydrogen) atoms. The Morgan fingerprint density at radius 3 is 2.67 bits per heavy atom. The van der Waals surface area contributed by atoms with E-state index in [0.29, 0.717) is 17.4 Å². The maximum Gasteiger partial charge on any atom is 0.149 e. The number of nitrogen functional groups attached to an aromatic ring is 1. The molecule has 0 aliphatic rings. The Kier molecular flexibility index (Phi) is 3.66. The van der Waals surface area contributed by atoms with E-state index >= 15 is 0 Å². The summed E-state index contributed by atoms with van der Waals surface area (Å²) in [7, 11) is 0. The monoisotopic (exact) mass is 207 g/mol. The fraction of sp³-hybridized carbons (Fsp3) is 0.455. The molecule has 0 aliphatic heterocycles. The highest BCUT2D eigenvalue weighted by Gasteiger charge is 2.13. The highest BCUT2D eigenvalue weighted by Crippen LogP contribution is 2.18. The van der Waals surface area contributed by atoms with Crippen molar-refractivity contribution in [3.8, 4) is 5.75 Å². The molecule has 0 amide bonds. The van der Waals surface area contributed by atoms with Crippen LogP contribution < -0.4 is 10.5 Å². The lowest BCUT2D eigenvalue weighted by molar-refractivity contribution is 0.169. The number of ether oxygens (including phenoxy) is 1. The van der Waals surface area contributed by atoms with Gasteiger partial charge in [-0.2, -0.15) is 0 Å². The molecule has 0 fully saturated rings. The van der Waals surface area contributed by atoms with Crippen LogP contribution in [-0.4, -0.2) is 16.9 Å². The second-order valence-corrected chi connectivity index (χ2v) is 3.83. The zero-order chi connectivity index (χ0) is 11.4. The van der Waals surface area contributed by atoms with E-state index in [0.717, 1.165) is 0 Å². The van der Waals surface area contributed by atoms with Gasteiger partial charge in [0.2, 0.25) is 0 Å². The molecule has 1 aromatic heterocycles. The van der Waals surface area contributed by atoms with Crippen LogP contribution in [0.15, 0.2) is 18.3 Å². The van der Waals surface area contributed by atoms with Crippen LogP contribution in [0.5, 0.6) is 5.75 Å². The average Bonchev–Trinajstić information content (AvgIpc) is 2.18. The van der Waals surface area contributed by atoms with Crippen molar-refractivity contribution >= 4 is 5.84 Å². The van der Waals surface area contributed by atoms with Crippen LogP contribution >= 0.6 is 0 Å². The Hall–Kier alpha value is -1.58. The minimum atomic E-state index is -0.0680. The normalized spacial score (nSPS) is 12.5. The van der Waals surface area contributed by atoms with Crippen molar-refractivity contribution < 1.29 is 4.74 Å². The molecule has 0 aliphatic carbocycles. The quantitative estimate of drug-likeness (QED) is 0.584. The zero-order valence-corrected chi connectivity index (χ0v) is 9.32. The summed E-state index contributed by atoms with van der Waals surface area (Å²) in [5.41, 5.74) is 5.81. The van der Waals surface area contributed by atoms with Gasteiger partial charge >= 0.3 is 0 Å². The Morgan fingerprint density at radius 2 is 2.13 bits per heavy atom. The molecule has 0 saturated heterocycles. The van der Waals surface area contributed by atoms with Gasteiger partial charge in [0.05, 0.1) is 6.10 Å². The number of nitrogens with two attached hydrogens (primary N) is 1. The standard InChI is InChI=1S/C11H17N3O/c1-7(2)8(3)15-9-5-4-6-14-10(9)11(12)13/h4-8H,1-3H3,(H3,12,13). The van der Waals surface area contributed by atoms with E-state index in [4.69, 9.17) is 15.9 Å². The lowest BCUT2D eigenvalue weighted by Crippen LogP contribution is -2.22. The Bertz CT molecular complexity index is 349. The molecule has 1 unspecified atom stereocenters. The SMILES string of the molecule is CC(C)C(C)Oc1cccnc1C(=N)N. The summed E-state index contributed by atoms with van der Waals surface area (Å²) in [5, 5.41) is 7.36. The Labute approximate surface area is 90.0 Å². The predicted molar refractivity (Wildman–Crippen MR) is 60.2 cm³/mol. The van der Waals surface area contributed by atoms with Crippen molar-refractivity contribution in [3.63, 3.8) is 0 Å². The first-order chi connectivity index (χ1) is 7.02. The molecular weight excluding hydrogens is 190 g/mol. The van der Waals surface area contributed by atoms with Gasteiger partial charge in [-0.1, -0.05) is 13.8 Å². The molecule has 1 atom stereocenters. The van der Waals surface area contributed by atoms with E-state index in [1.54, 1.807) is 18.3 Å². The summed E-state index contributed by atoms with van der Waals surface area (Å²) in [6, 6.07) is 3.55. The maximum absolute atomic E-state index is 7.36. The largest absolute Gasteiger partial charge is 0.488 e. The molecule has 0 bridgehead atoms. The molecule has 1 aromatic rings. The first kappa shape index (κ1) is 11.5. The van der Waals surface area contributed by atoms with Gasteiger partial charge in [0.15, 0.2) is 0 Å². The number of aromatic nitrogens is 1. The first-order valence-electron chi connectivity index (χ1n) is 4.98. The molecule has 0 radical (unpaired) electrons. The van der Waals surface area contributed by atoms with Crippen molar-refractivity contribution in [1.29, 1.82) is 5.41 Å². The van der Waals surface area contributed by atoms with Crippen LogP contribution in [0.1, 0.15) is 26.5 Å². The van der Waals surface area contributed by atoms with Gasteiger partial charge in [0.1, 0.15) is 17.3 Å². The predicted octanol–water partition coefficient (Wildman–Crippen LogP) is 1.79. The molecule has 0 saturated carbocycles. The topological polar surface area (TPSA) is 72.0 Å². The van der Waals surface area contributed by atoms with E-state index in [-0.39, 0.29) is 11.9 Å². The van der Waals surface area contributed by atoms with E-state index in [1.807, 2.05) is 6.92 Å². The molecular formula is C11H17N3O. The summed E-state index contributed by atoms with van der Waals surface area (Å²) >= 11 is 0. The van der Waals surface area contributed by atoms with Crippen LogP contribution in [0.25, 0.3) is 0 Å². The minimum absolute atomic E-state index is 0.0680. The third-order valence-corrected chi connectivity index (χ3v) is 2.28. The van der Waals surface area contributed by atoms with Crippen LogP contribution in [-0.2, 0) is 0 Å². The average molecular weight is 207 g/mol. The van der Waals surface area contributed by atoms with Crippen LogP contribution in [0.2, 0.25) is 0 Å². The molecule has 1 heterocycles. The van der Waals surface area contributed by atoms with E-state index in [9.17, 15) is 0 Å². The van der Waals surface area contributed by atoms with Gasteiger partial charge in [-0.3, -0.25) is 5.41 Å². The van der Waals surface area contributed by atoms with Crippen molar-refractivity contribution in [3.05, 3.63) is 24.0 Å². The number of hydrogen-bond donors (Lipinski definition) is 2. The third-order valence-electron chi connectivity index (χ3n) is 2.28. The van der Waals surface area contributed by atoms with Gasteiger partial charge in [-0.05, 0) is 25.0 Å². The number of hydrogen-bond acceptors (Lipinski definition) is 3. The zero-order valence-electron chi connectivity index (χ0n) is 9.32. The van der Waals surface area contributed by atoms with E-state index < -0.39 is 0 Å². The summed E-state index contributed by atoms with van der Waals surface area (Å²) in [6.45, 7) is 6.14. The molecule has 3 N–H and O–H groups in total. The maximum atomic E-state index is 7.36. The summed E-state index contributed by atoms with van der Waals surface area (Å²) < 4.78 is 5.68. The molecule has 4 nitrogen and oxygen atoms in total. The number of nitrogens with one attached hydrogen (secondary N) is 1. The van der Waals surface area contributed by atoms with Crippen LogP contribution in [0, 0.1) is 11.3 Å². The third kappa shape index (κ3) is 2.94. The van der Waals surface area contributed by atoms with Crippen LogP contribution in [0.4, 0.5) is 0 Å². The van der Waals surface area contributed by atoms with Gasteiger partial charge < -0.3 is 10.5 Å². The van der Waals surface area contributed by atoms with Gasteiger partial charge in [-0.15, -0.1) is 0 Å². The van der Waals surface area contributed by atoms with Crippen molar-refractivity contribution in [2.75, 3.05) is 0 Å². The molecule has 82 valence electrons. The number of nitrogens with zero attached hydrogens (tertiary/aromatic N) is 1. The molecule has 1 rings (SSSR count). The molecule has 4 heteroatoms. The van der Waals surface area contributed by atoms with Crippen molar-refractivity contribution in [2.45, 2.75) is 26.9 Å². The summed E-state index contributed by atoms with van der Waals surface area (Å²) in [5.74, 6) is 0.915. The van der Waals surface area contributed by atoms with Crippen molar-refractivity contribution in [2.24, 2.45) is 11.7 Å². The highest BCUT2D eigenvalue weighted by molar-refractivity contribution is 5.95. The van der Waals surface area contributed by atoms with Gasteiger partial charge in [0, 0.05) is 6.20 Å². The number of amidine groups is 1. The highest BCUT2D eigenvalue weighted by atomic mass is 16.5. The first-order valence-corrected chi connectivity index (χ1v) is 4.98. The number of rotatable bonds is 4. The Morgan fingerprint density at radius 1 is 1.47 bits per heavy atom. The summed E-state index contributed by atoms with van der Waals surface area (Å²) in [4.78, 5) is 4.02. The van der Waals surface area contributed by atoms with Crippen LogP contribution in [0.3, 0.4) is 0 Å². The van der Waals surface area contributed by atoms with E-state index in [1.165, 1.54) is 0 Å². The minimum Gasteiger partial charge on any atom is -0.488 e. The number of pyridine rings is 1. The second-order valence-electron chi connectivity index (χ2n) is 3.83.